The van der Waals surface area contributed by atoms with E-state index in [2.05, 4.69) is 10.0 Å². The van der Waals surface area contributed by atoms with Gasteiger partial charge in [-0.05, 0) is 55.9 Å². The highest BCUT2D eigenvalue weighted by atomic mass is 32.2. The van der Waals surface area contributed by atoms with E-state index in [-0.39, 0.29) is 5.60 Å². The van der Waals surface area contributed by atoms with Crippen molar-refractivity contribution >= 4 is 15.7 Å². The molecule has 0 bridgehead atoms. The van der Waals surface area contributed by atoms with Crippen molar-refractivity contribution in [2.45, 2.75) is 42.6 Å². The van der Waals surface area contributed by atoms with E-state index in [0.29, 0.717) is 11.4 Å². The number of aryl methyl sites for hydroxylation is 1. The van der Waals surface area contributed by atoms with Crippen molar-refractivity contribution in [2.75, 3.05) is 25.5 Å². The monoisotopic (exact) mass is 310 g/mol. The smallest absolute Gasteiger partial charge is 0.240 e. The number of benzene rings is 1. The molecule has 0 spiro atoms. The average Bonchev–Trinajstić information content (AvgIpc) is 2.46. The Bertz CT molecular complexity index is 618. The SMILES string of the molecule is COC1(CNS(=O)(=O)c2ccc3c(c2)CCCN3)CCC1. The third kappa shape index (κ3) is 2.93. The number of rotatable bonds is 5. The minimum absolute atomic E-state index is 0.303. The molecule has 0 radical (unpaired) electrons. The van der Waals surface area contributed by atoms with E-state index in [4.69, 9.17) is 4.74 Å². The number of fused-ring (bicyclic) bond motifs is 1. The standard InChI is InChI=1S/C15H22N2O3S/c1-20-15(7-3-8-15)11-17-21(18,19)13-5-6-14-12(10-13)4-2-9-16-14/h5-6,10,16-17H,2-4,7-9,11H2,1H3. The predicted molar refractivity (Wildman–Crippen MR) is 82.0 cm³/mol. The van der Waals surface area contributed by atoms with Crippen LogP contribution in [0.3, 0.4) is 0 Å². The van der Waals surface area contributed by atoms with Crippen LogP contribution in [0.4, 0.5) is 5.69 Å². The van der Waals surface area contributed by atoms with Gasteiger partial charge in [0.25, 0.3) is 0 Å². The first-order chi connectivity index (χ1) is 10.0. The maximum Gasteiger partial charge on any atom is 0.240 e. The van der Waals surface area contributed by atoms with E-state index in [1.165, 1.54) is 0 Å². The van der Waals surface area contributed by atoms with Crippen molar-refractivity contribution in [1.29, 1.82) is 0 Å². The molecule has 1 heterocycles. The summed E-state index contributed by atoms with van der Waals surface area (Å²) in [5.74, 6) is 0. The Labute approximate surface area is 126 Å². The number of nitrogens with one attached hydrogen (secondary N) is 2. The minimum atomic E-state index is -3.47. The Kier molecular flexibility index (Phi) is 3.94. The van der Waals surface area contributed by atoms with Gasteiger partial charge in [0, 0.05) is 25.9 Å². The first-order valence-electron chi connectivity index (χ1n) is 7.46. The molecule has 1 fully saturated rings. The maximum absolute atomic E-state index is 12.4. The van der Waals surface area contributed by atoms with Crippen molar-refractivity contribution in [3.05, 3.63) is 23.8 Å². The number of methoxy groups -OCH3 is 1. The fraction of sp³-hybridized carbons (Fsp3) is 0.600. The minimum Gasteiger partial charge on any atom is -0.385 e. The van der Waals surface area contributed by atoms with Crippen LogP contribution in [0.15, 0.2) is 23.1 Å². The van der Waals surface area contributed by atoms with Crippen molar-refractivity contribution in [3.63, 3.8) is 0 Å². The zero-order chi connectivity index (χ0) is 14.9. The van der Waals surface area contributed by atoms with Gasteiger partial charge in [0.1, 0.15) is 0 Å². The summed E-state index contributed by atoms with van der Waals surface area (Å²) >= 11 is 0. The highest BCUT2D eigenvalue weighted by Gasteiger charge is 2.38. The molecular weight excluding hydrogens is 288 g/mol. The van der Waals surface area contributed by atoms with Crippen molar-refractivity contribution < 1.29 is 13.2 Å². The van der Waals surface area contributed by atoms with Crippen LogP contribution in [-0.2, 0) is 21.2 Å². The van der Waals surface area contributed by atoms with Crippen LogP contribution in [0.25, 0.3) is 0 Å². The molecule has 3 rings (SSSR count). The third-order valence-corrected chi connectivity index (χ3v) is 6.01. The quantitative estimate of drug-likeness (QED) is 0.871. The van der Waals surface area contributed by atoms with E-state index in [1.54, 1.807) is 19.2 Å². The Morgan fingerprint density at radius 2 is 2.14 bits per heavy atom. The van der Waals surface area contributed by atoms with Crippen molar-refractivity contribution in [3.8, 4) is 0 Å². The summed E-state index contributed by atoms with van der Waals surface area (Å²) in [7, 11) is -1.82. The van der Waals surface area contributed by atoms with Crippen LogP contribution in [0.1, 0.15) is 31.2 Å². The lowest BCUT2D eigenvalue weighted by Gasteiger charge is -2.40. The van der Waals surface area contributed by atoms with E-state index in [9.17, 15) is 8.42 Å². The van der Waals surface area contributed by atoms with Gasteiger partial charge in [0.2, 0.25) is 10.0 Å². The van der Waals surface area contributed by atoms with Gasteiger partial charge in [-0.3, -0.25) is 0 Å². The molecule has 6 heteroatoms. The molecule has 2 N–H and O–H groups in total. The number of hydrogen-bond donors (Lipinski definition) is 2. The van der Waals surface area contributed by atoms with Crippen LogP contribution in [0.5, 0.6) is 0 Å². The fourth-order valence-corrected chi connectivity index (χ4v) is 4.12. The van der Waals surface area contributed by atoms with Crippen molar-refractivity contribution in [2.24, 2.45) is 0 Å². The largest absolute Gasteiger partial charge is 0.385 e. The van der Waals surface area contributed by atoms with Crippen LogP contribution in [0.2, 0.25) is 0 Å². The van der Waals surface area contributed by atoms with Gasteiger partial charge in [-0.25, -0.2) is 13.1 Å². The molecule has 0 unspecified atom stereocenters. The van der Waals surface area contributed by atoms with Gasteiger partial charge in [-0.15, -0.1) is 0 Å². The molecule has 21 heavy (non-hydrogen) atoms. The van der Waals surface area contributed by atoms with Crippen molar-refractivity contribution in [1.82, 2.24) is 4.72 Å². The summed E-state index contributed by atoms with van der Waals surface area (Å²) < 4.78 is 33.0. The fourth-order valence-electron chi connectivity index (χ4n) is 2.95. The maximum atomic E-state index is 12.4. The molecule has 1 aliphatic carbocycles. The number of hydrogen-bond acceptors (Lipinski definition) is 4. The molecule has 1 saturated carbocycles. The highest BCUT2D eigenvalue weighted by Crippen LogP contribution is 2.34. The molecule has 1 aromatic carbocycles. The number of ether oxygens (including phenoxy) is 1. The summed E-state index contributed by atoms with van der Waals surface area (Å²) in [5, 5.41) is 3.29. The number of anilines is 1. The Morgan fingerprint density at radius 3 is 2.81 bits per heavy atom. The molecule has 5 nitrogen and oxygen atoms in total. The Balaban J connectivity index is 1.75. The second-order valence-electron chi connectivity index (χ2n) is 5.91. The van der Waals surface area contributed by atoms with Gasteiger partial charge in [0.05, 0.1) is 10.5 Å². The molecule has 0 amide bonds. The summed E-state index contributed by atoms with van der Waals surface area (Å²) in [4.78, 5) is 0.343. The summed E-state index contributed by atoms with van der Waals surface area (Å²) in [6, 6.07) is 5.31. The molecule has 2 aliphatic rings. The van der Waals surface area contributed by atoms with Crippen LogP contribution < -0.4 is 10.0 Å². The number of sulfonamides is 1. The van der Waals surface area contributed by atoms with Gasteiger partial charge < -0.3 is 10.1 Å². The van der Waals surface area contributed by atoms with E-state index in [0.717, 1.165) is 49.9 Å². The normalized spacial score (nSPS) is 20.2. The third-order valence-electron chi connectivity index (χ3n) is 4.61. The molecule has 0 aromatic heterocycles. The zero-order valence-electron chi connectivity index (χ0n) is 12.3. The second kappa shape index (κ2) is 5.59. The second-order valence-corrected chi connectivity index (χ2v) is 7.68. The van der Waals surface area contributed by atoms with Gasteiger partial charge in [0.15, 0.2) is 0 Å². The van der Waals surface area contributed by atoms with E-state index in [1.807, 2.05) is 6.07 Å². The van der Waals surface area contributed by atoms with E-state index >= 15 is 0 Å². The Hall–Kier alpha value is -1.11. The molecular formula is C15H22N2O3S. The average molecular weight is 310 g/mol. The topological polar surface area (TPSA) is 67.4 Å². The van der Waals surface area contributed by atoms with Gasteiger partial charge in [-0.1, -0.05) is 0 Å². The van der Waals surface area contributed by atoms with E-state index < -0.39 is 10.0 Å². The molecule has 1 aliphatic heterocycles. The molecule has 116 valence electrons. The summed E-state index contributed by atoms with van der Waals surface area (Å²) in [5.41, 5.74) is 1.82. The first kappa shape index (κ1) is 14.8. The lowest BCUT2D eigenvalue weighted by molar-refractivity contribution is -0.0659. The summed E-state index contributed by atoms with van der Waals surface area (Å²) in [6.07, 6.45) is 4.89. The van der Waals surface area contributed by atoms with Gasteiger partial charge in [-0.2, -0.15) is 0 Å². The van der Waals surface area contributed by atoms with Crippen LogP contribution in [-0.4, -0.2) is 34.2 Å². The van der Waals surface area contributed by atoms with Crippen LogP contribution >= 0.6 is 0 Å². The lowest BCUT2D eigenvalue weighted by Crippen LogP contribution is -2.49. The first-order valence-corrected chi connectivity index (χ1v) is 8.95. The molecule has 0 saturated heterocycles. The molecule has 1 aromatic rings. The predicted octanol–water partition coefficient (Wildman–Crippen LogP) is 1.89. The molecule has 0 atom stereocenters. The lowest BCUT2D eigenvalue weighted by atomic mass is 9.80. The zero-order valence-corrected chi connectivity index (χ0v) is 13.1. The Morgan fingerprint density at radius 1 is 1.33 bits per heavy atom. The van der Waals surface area contributed by atoms with Crippen LogP contribution in [0, 0.1) is 0 Å². The summed E-state index contributed by atoms with van der Waals surface area (Å²) in [6.45, 7) is 1.30. The highest BCUT2D eigenvalue weighted by molar-refractivity contribution is 7.89. The van der Waals surface area contributed by atoms with Gasteiger partial charge >= 0.3 is 0 Å².